The molecule has 31 heavy (non-hydrogen) atoms. The highest BCUT2D eigenvalue weighted by Gasteiger charge is 2.28. The molecule has 5 nitrogen and oxygen atoms in total. The molecule has 1 heterocycles. The van der Waals surface area contributed by atoms with Crippen LogP contribution in [-0.2, 0) is 16.0 Å². The van der Waals surface area contributed by atoms with E-state index in [0.29, 0.717) is 5.75 Å². The zero-order valence-electron chi connectivity index (χ0n) is 18.3. The van der Waals surface area contributed by atoms with Gasteiger partial charge in [0.2, 0.25) is 5.91 Å². The number of rotatable bonds is 7. The number of carbonyl (C=O) groups is 2. The monoisotopic (exact) mass is 420 g/mol. The maximum Gasteiger partial charge on any atom is 0.260 e. The number of fused-ring (bicyclic) bond motifs is 1. The minimum Gasteiger partial charge on any atom is -0.483 e. The van der Waals surface area contributed by atoms with Crippen LogP contribution in [0.3, 0.4) is 0 Å². The van der Waals surface area contributed by atoms with E-state index in [9.17, 15) is 9.59 Å². The van der Waals surface area contributed by atoms with Crippen molar-refractivity contribution in [1.29, 1.82) is 0 Å². The fourth-order valence-corrected chi connectivity index (χ4v) is 4.80. The lowest BCUT2D eigenvalue weighted by atomic mass is 9.82. The lowest BCUT2D eigenvalue weighted by Gasteiger charge is -2.28. The molecule has 1 aliphatic carbocycles. The van der Waals surface area contributed by atoms with Crippen molar-refractivity contribution in [3.8, 4) is 5.75 Å². The second kappa shape index (κ2) is 9.99. The van der Waals surface area contributed by atoms with E-state index in [2.05, 4.69) is 24.4 Å². The molecular weight excluding hydrogens is 388 g/mol. The van der Waals surface area contributed by atoms with Crippen LogP contribution in [0.1, 0.15) is 67.7 Å². The number of amides is 2. The molecule has 1 saturated heterocycles. The normalized spacial score (nSPS) is 18.9. The molecule has 1 fully saturated rings. The Morgan fingerprint density at radius 2 is 1.81 bits per heavy atom. The molecule has 2 aromatic rings. The van der Waals surface area contributed by atoms with E-state index in [0.717, 1.165) is 62.7 Å². The van der Waals surface area contributed by atoms with E-state index in [-0.39, 0.29) is 30.4 Å². The molecule has 2 aliphatic rings. The van der Waals surface area contributed by atoms with E-state index in [4.69, 9.17) is 4.74 Å². The number of ether oxygens (including phenoxy) is 1. The zero-order valence-corrected chi connectivity index (χ0v) is 18.3. The van der Waals surface area contributed by atoms with Gasteiger partial charge in [-0.2, -0.15) is 0 Å². The van der Waals surface area contributed by atoms with Crippen LogP contribution in [0.15, 0.2) is 48.5 Å². The van der Waals surface area contributed by atoms with Crippen molar-refractivity contribution in [3.63, 3.8) is 0 Å². The molecule has 0 spiro atoms. The van der Waals surface area contributed by atoms with E-state index >= 15 is 0 Å². The molecule has 0 bridgehead atoms. The van der Waals surface area contributed by atoms with Crippen LogP contribution in [0.2, 0.25) is 0 Å². The first kappa shape index (κ1) is 21.4. The number of likely N-dealkylation sites (tertiary alicyclic amines) is 1. The summed E-state index contributed by atoms with van der Waals surface area (Å²) in [5.41, 5.74) is 3.37. The van der Waals surface area contributed by atoms with Crippen LogP contribution < -0.4 is 10.1 Å². The van der Waals surface area contributed by atoms with E-state index in [1.54, 1.807) is 0 Å². The predicted octanol–water partition coefficient (Wildman–Crippen LogP) is 4.38. The first-order chi connectivity index (χ1) is 15.2. The van der Waals surface area contributed by atoms with Gasteiger partial charge >= 0.3 is 0 Å². The molecule has 5 heteroatoms. The van der Waals surface area contributed by atoms with Gasteiger partial charge in [0, 0.05) is 18.7 Å². The molecule has 1 aliphatic heterocycles. The van der Waals surface area contributed by atoms with Gasteiger partial charge in [0.25, 0.3) is 5.91 Å². The largest absolute Gasteiger partial charge is 0.483 e. The second-order valence-corrected chi connectivity index (χ2v) is 8.53. The van der Waals surface area contributed by atoms with Gasteiger partial charge < -0.3 is 15.0 Å². The summed E-state index contributed by atoms with van der Waals surface area (Å²) >= 11 is 0. The number of nitrogens with one attached hydrogen (secondary N) is 1. The Kier molecular flexibility index (Phi) is 6.90. The minimum atomic E-state index is -0.153. The molecular formula is C26H32N2O3. The summed E-state index contributed by atoms with van der Waals surface area (Å²) in [6.07, 6.45) is 5.83. The Morgan fingerprint density at radius 3 is 2.61 bits per heavy atom. The summed E-state index contributed by atoms with van der Waals surface area (Å²) in [7, 11) is 0. The molecule has 2 aromatic carbocycles. The first-order valence-electron chi connectivity index (χ1n) is 11.5. The van der Waals surface area contributed by atoms with Gasteiger partial charge in [-0.05, 0) is 55.7 Å². The van der Waals surface area contributed by atoms with Crippen molar-refractivity contribution in [2.45, 2.75) is 57.4 Å². The van der Waals surface area contributed by atoms with Gasteiger partial charge in [-0.3, -0.25) is 9.59 Å². The van der Waals surface area contributed by atoms with Gasteiger partial charge in [0.05, 0.1) is 12.0 Å². The number of carbonyl (C=O) groups excluding carboxylic acids is 2. The standard InChI is InChI=1S/C26H32N2O3/c1-2-23(27-26(30)21-14-9-11-19-10-3-4-12-20(19)21)22-13-5-6-15-24(22)31-18-25(29)28-16-7-8-17-28/h3-6,10,12-13,15,21,23H,2,7-9,11,14,16-18H2,1H3,(H,27,30). The van der Waals surface area contributed by atoms with Crippen LogP contribution >= 0.6 is 0 Å². The Hall–Kier alpha value is -2.82. The summed E-state index contributed by atoms with van der Waals surface area (Å²) in [6.45, 7) is 3.74. The van der Waals surface area contributed by atoms with Crippen molar-refractivity contribution in [1.82, 2.24) is 10.2 Å². The third-order valence-corrected chi connectivity index (χ3v) is 6.51. The molecule has 1 N–H and O–H groups in total. The number of aryl methyl sites for hydroxylation is 1. The third kappa shape index (κ3) is 4.92. The van der Waals surface area contributed by atoms with Gasteiger partial charge in [0.1, 0.15) is 5.75 Å². The van der Waals surface area contributed by atoms with Gasteiger partial charge in [0.15, 0.2) is 6.61 Å². The SMILES string of the molecule is CCC(NC(=O)C1CCCc2ccccc21)c1ccccc1OCC(=O)N1CCCC1. The van der Waals surface area contributed by atoms with E-state index in [1.807, 2.05) is 41.3 Å². The topological polar surface area (TPSA) is 58.6 Å². The first-order valence-corrected chi connectivity index (χ1v) is 11.5. The second-order valence-electron chi connectivity index (χ2n) is 8.53. The Balaban J connectivity index is 1.46. The lowest BCUT2D eigenvalue weighted by molar-refractivity contribution is -0.132. The van der Waals surface area contributed by atoms with Gasteiger partial charge in [-0.25, -0.2) is 0 Å². The average Bonchev–Trinajstić information content (AvgIpc) is 3.36. The summed E-state index contributed by atoms with van der Waals surface area (Å²) in [6, 6.07) is 15.9. The van der Waals surface area contributed by atoms with Crippen molar-refractivity contribution >= 4 is 11.8 Å². The lowest BCUT2D eigenvalue weighted by Crippen LogP contribution is -2.35. The molecule has 164 valence electrons. The molecule has 2 amide bonds. The predicted molar refractivity (Wildman–Crippen MR) is 121 cm³/mol. The molecule has 0 saturated carbocycles. The number of hydrogen-bond donors (Lipinski definition) is 1. The van der Waals surface area contributed by atoms with Crippen LogP contribution in [0, 0.1) is 0 Å². The number of benzene rings is 2. The summed E-state index contributed by atoms with van der Waals surface area (Å²) in [5, 5.41) is 3.26. The van der Waals surface area contributed by atoms with E-state index < -0.39 is 0 Å². The highest BCUT2D eigenvalue weighted by molar-refractivity contribution is 5.85. The highest BCUT2D eigenvalue weighted by Crippen LogP contribution is 2.33. The van der Waals surface area contributed by atoms with Crippen molar-refractivity contribution in [3.05, 3.63) is 65.2 Å². The minimum absolute atomic E-state index is 0.0307. The zero-order chi connectivity index (χ0) is 21.6. The van der Waals surface area contributed by atoms with Crippen molar-refractivity contribution in [2.75, 3.05) is 19.7 Å². The maximum absolute atomic E-state index is 13.2. The average molecular weight is 421 g/mol. The fourth-order valence-electron chi connectivity index (χ4n) is 4.80. The molecule has 2 atom stereocenters. The van der Waals surface area contributed by atoms with Crippen LogP contribution in [0.5, 0.6) is 5.75 Å². The smallest absolute Gasteiger partial charge is 0.260 e. The fraction of sp³-hybridized carbons (Fsp3) is 0.462. The Labute approximate surface area is 184 Å². The Morgan fingerprint density at radius 1 is 1.06 bits per heavy atom. The summed E-state index contributed by atoms with van der Waals surface area (Å²) in [4.78, 5) is 27.5. The summed E-state index contributed by atoms with van der Waals surface area (Å²) in [5.74, 6) is 0.667. The maximum atomic E-state index is 13.2. The quantitative estimate of drug-likeness (QED) is 0.723. The van der Waals surface area contributed by atoms with Crippen LogP contribution in [-0.4, -0.2) is 36.4 Å². The van der Waals surface area contributed by atoms with Crippen LogP contribution in [0.25, 0.3) is 0 Å². The summed E-state index contributed by atoms with van der Waals surface area (Å²) < 4.78 is 5.93. The van der Waals surface area contributed by atoms with Crippen LogP contribution in [0.4, 0.5) is 0 Å². The van der Waals surface area contributed by atoms with Gasteiger partial charge in [-0.15, -0.1) is 0 Å². The number of nitrogens with zero attached hydrogens (tertiary/aromatic N) is 1. The third-order valence-electron chi connectivity index (χ3n) is 6.51. The highest BCUT2D eigenvalue weighted by atomic mass is 16.5. The van der Waals surface area contributed by atoms with Crippen molar-refractivity contribution < 1.29 is 14.3 Å². The number of hydrogen-bond acceptors (Lipinski definition) is 3. The van der Waals surface area contributed by atoms with Crippen molar-refractivity contribution in [2.24, 2.45) is 0 Å². The van der Waals surface area contributed by atoms with E-state index in [1.165, 1.54) is 5.56 Å². The number of para-hydroxylation sites is 1. The molecule has 0 radical (unpaired) electrons. The molecule has 2 unspecified atom stereocenters. The van der Waals surface area contributed by atoms with Gasteiger partial charge in [-0.1, -0.05) is 49.4 Å². The molecule has 0 aromatic heterocycles. The molecule has 4 rings (SSSR count). The Bertz CT molecular complexity index is 920.